The van der Waals surface area contributed by atoms with Gasteiger partial charge >= 0.3 is 0 Å². The van der Waals surface area contributed by atoms with Gasteiger partial charge in [0.1, 0.15) is 12.4 Å². The van der Waals surface area contributed by atoms with Crippen LogP contribution in [0.1, 0.15) is 18.4 Å². The summed E-state index contributed by atoms with van der Waals surface area (Å²) in [5.74, 6) is 0.946. The molecule has 0 unspecified atom stereocenters. The highest BCUT2D eigenvalue weighted by Crippen LogP contribution is 2.13. The molecule has 3 heteroatoms. The quantitative estimate of drug-likeness (QED) is 0.864. The van der Waals surface area contributed by atoms with Crippen molar-refractivity contribution in [3.63, 3.8) is 0 Å². The summed E-state index contributed by atoms with van der Waals surface area (Å²) < 4.78 is 5.71. The zero-order valence-corrected chi connectivity index (χ0v) is 10.4. The number of aryl methyl sites for hydroxylation is 1. The molecule has 1 aromatic carbocycles. The van der Waals surface area contributed by atoms with Crippen LogP contribution in [0.3, 0.4) is 0 Å². The predicted octanol–water partition coefficient (Wildman–Crippen LogP) is 1.83. The molecule has 0 radical (unpaired) electrons. The second-order valence-corrected chi connectivity index (χ2v) is 4.74. The van der Waals surface area contributed by atoms with Crippen molar-refractivity contribution < 1.29 is 9.84 Å². The van der Waals surface area contributed by atoms with Crippen molar-refractivity contribution in [3.8, 4) is 5.75 Å². The SMILES string of the molecule is Cc1cccc(OCCN2CCC(O)CC2)c1. The average molecular weight is 235 g/mol. The summed E-state index contributed by atoms with van der Waals surface area (Å²) in [5.41, 5.74) is 1.23. The minimum Gasteiger partial charge on any atom is -0.492 e. The van der Waals surface area contributed by atoms with Crippen LogP contribution in [-0.2, 0) is 0 Å². The van der Waals surface area contributed by atoms with Crippen LogP contribution in [0.5, 0.6) is 5.75 Å². The second-order valence-electron chi connectivity index (χ2n) is 4.74. The predicted molar refractivity (Wildman–Crippen MR) is 68.4 cm³/mol. The van der Waals surface area contributed by atoms with Crippen molar-refractivity contribution in [2.24, 2.45) is 0 Å². The Morgan fingerprint density at radius 1 is 1.35 bits per heavy atom. The van der Waals surface area contributed by atoms with Gasteiger partial charge in [0.15, 0.2) is 0 Å². The minimum absolute atomic E-state index is 0.0936. The summed E-state index contributed by atoms with van der Waals surface area (Å²) in [6.07, 6.45) is 1.69. The van der Waals surface area contributed by atoms with Crippen LogP contribution in [0.2, 0.25) is 0 Å². The van der Waals surface area contributed by atoms with Crippen LogP contribution in [0.15, 0.2) is 24.3 Å². The number of piperidine rings is 1. The maximum absolute atomic E-state index is 9.40. The summed E-state index contributed by atoms with van der Waals surface area (Å²) in [6.45, 7) is 5.70. The van der Waals surface area contributed by atoms with E-state index in [1.165, 1.54) is 5.56 Å². The lowest BCUT2D eigenvalue weighted by Gasteiger charge is -2.29. The van der Waals surface area contributed by atoms with E-state index in [1.807, 2.05) is 12.1 Å². The van der Waals surface area contributed by atoms with E-state index in [1.54, 1.807) is 0 Å². The fourth-order valence-corrected chi connectivity index (χ4v) is 2.14. The number of benzene rings is 1. The maximum Gasteiger partial charge on any atom is 0.119 e. The van der Waals surface area contributed by atoms with Gasteiger partial charge in [-0.15, -0.1) is 0 Å². The normalized spacial score (nSPS) is 18.2. The third kappa shape index (κ3) is 4.02. The Morgan fingerprint density at radius 3 is 2.82 bits per heavy atom. The molecule has 0 aliphatic carbocycles. The number of nitrogens with zero attached hydrogens (tertiary/aromatic N) is 1. The van der Waals surface area contributed by atoms with Crippen LogP contribution in [0.4, 0.5) is 0 Å². The Kier molecular flexibility index (Phi) is 4.40. The van der Waals surface area contributed by atoms with Crippen molar-refractivity contribution in [2.45, 2.75) is 25.9 Å². The van der Waals surface area contributed by atoms with Gasteiger partial charge in [-0.2, -0.15) is 0 Å². The van der Waals surface area contributed by atoms with Crippen molar-refractivity contribution in [2.75, 3.05) is 26.2 Å². The third-order valence-electron chi connectivity index (χ3n) is 3.22. The average Bonchev–Trinajstić information content (AvgIpc) is 2.32. The summed E-state index contributed by atoms with van der Waals surface area (Å²) in [7, 11) is 0. The van der Waals surface area contributed by atoms with Gasteiger partial charge in [-0.05, 0) is 37.5 Å². The van der Waals surface area contributed by atoms with Crippen molar-refractivity contribution >= 4 is 0 Å². The monoisotopic (exact) mass is 235 g/mol. The lowest BCUT2D eigenvalue weighted by atomic mass is 10.1. The number of ether oxygens (including phenoxy) is 1. The Labute approximate surface area is 103 Å². The van der Waals surface area contributed by atoms with E-state index in [-0.39, 0.29) is 6.10 Å². The molecule has 1 heterocycles. The molecule has 1 N–H and O–H groups in total. The molecule has 1 aliphatic rings. The summed E-state index contributed by atoms with van der Waals surface area (Å²) in [4.78, 5) is 2.35. The standard InChI is InChI=1S/C14H21NO2/c1-12-3-2-4-14(11-12)17-10-9-15-7-5-13(16)6-8-15/h2-4,11,13,16H,5-10H2,1H3. The lowest BCUT2D eigenvalue weighted by Crippen LogP contribution is -2.38. The molecule has 1 saturated heterocycles. The van der Waals surface area contributed by atoms with E-state index in [0.29, 0.717) is 0 Å². The highest BCUT2D eigenvalue weighted by molar-refractivity contribution is 5.27. The molecule has 0 bridgehead atoms. The molecule has 0 spiro atoms. The Morgan fingerprint density at radius 2 is 2.12 bits per heavy atom. The molecule has 1 fully saturated rings. The van der Waals surface area contributed by atoms with E-state index in [4.69, 9.17) is 4.74 Å². The van der Waals surface area contributed by atoms with E-state index >= 15 is 0 Å². The summed E-state index contributed by atoms with van der Waals surface area (Å²) >= 11 is 0. The molecule has 3 nitrogen and oxygen atoms in total. The Balaban J connectivity index is 1.69. The summed E-state index contributed by atoms with van der Waals surface area (Å²) in [5, 5.41) is 9.40. The van der Waals surface area contributed by atoms with Gasteiger partial charge in [-0.1, -0.05) is 12.1 Å². The third-order valence-corrected chi connectivity index (χ3v) is 3.22. The summed E-state index contributed by atoms with van der Waals surface area (Å²) in [6, 6.07) is 8.13. The van der Waals surface area contributed by atoms with Gasteiger partial charge in [0.05, 0.1) is 6.10 Å². The first-order chi connectivity index (χ1) is 8.24. The van der Waals surface area contributed by atoms with Crippen LogP contribution in [0, 0.1) is 6.92 Å². The van der Waals surface area contributed by atoms with Gasteiger partial charge in [0.25, 0.3) is 0 Å². The fraction of sp³-hybridized carbons (Fsp3) is 0.571. The number of rotatable bonds is 4. The molecular weight excluding hydrogens is 214 g/mol. The molecule has 2 rings (SSSR count). The Hall–Kier alpha value is -1.06. The molecule has 1 aliphatic heterocycles. The number of aliphatic hydroxyl groups excluding tert-OH is 1. The van der Waals surface area contributed by atoms with E-state index < -0.39 is 0 Å². The molecule has 0 amide bonds. The zero-order chi connectivity index (χ0) is 12.1. The first-order valence-corrected chi connectivity index (χ1v) is 6.34. The molecular formula is C14H21NO2. The highest BCUT2D eigenvalue weighted by atomic mass is 16.5. The second kappa shape index (κ2) is 6.03. The van der Waals surface area contributed by atoms with Crippen molar-refractivity contribution in [1.82, 2.24) is 4.90 Å². The van der Waals surface area contributed by atoms with E-state index in [2.05, 4.69) is 24.0 Å². The van der Waals surface area contributed by atoms with Crippen LogP contribution in [0.25, 0.3) is 0 Å². The maximum atomic E-state index is 9.40. The molecule has 0 aromatic heterocycles. The molecule has 17 heavy (non-hydrogen) atoms. The van der Waals surface area contributed by atoms with Gasteiger partial charge in [0.2, 0.25) is 0 Å². The number of hydrogen-bond donors (Lipinski definition) is 1. The fourth-order valence-electron chi connectivity index (χ4n) is 2.14. The molecule has 1 aromatic rings. The number of aliphatic hydroxyl groups is 1. The largest absolute Gasteiger partial charge is 0.492 e. The first-order valence-electron chi connectivity index (χ1n) is 6.34. The molecule has 0 saturated carbocycles. The topological polar surface area (TPSA) is 32.7 Å². The van der Waals surface area contributed by atoms with Crippen molar-refractivity contribution in [1.29, 1.82) is 0 Å². The minimum atomic E-state index is -0.0936. The lowest BCUT2D eigenvalue weighted by molar-refractivity contribution is 0.0755. The Bertz CT molecular complexity index is 346. The van der Waals surface area contributed by atoms with E-state index in [0.717, 1.165) is 44.8 Å². The molecule has 0 atom stereocenters. The molecule has 94 valence electrons. The first kappa shape index (κ1) is 12.4. The van der Waals surface area contributed by atoms with Gasteiger partial charge in [-0.25, -0.2) is 0 Å². The van der Waals surface area contributed by atoms with Crippen LogP contribution < -0.4 is 4.74 Å². The zero-order valence-electron chi connectivity index (χ0n) is 10.4. The smallest absolute Gasteiger partial charge is 0.119 e. The highest BCUT2D eigenvalue weighted by Gasteiger charge is 2.16. The van der Waals surface area contributed by atoms with Crippen LogP contribution >= 0.6 is 0 Å². The number of likely N-dealkylation sites (tertiary alicyclic amines) is 1. The van der Waals surface area contributed by atoms with Gasteiger partial charge in [0, 0.05) is 19.6 Å². The number of hydrogen-bond acceptors (Lipinski definition) is 3. The van der Waals surface area contributed by atoms with Crippen molar-refractivity contribution in [3.05, 3.63) is 29.8 Å². The van der Waals surface area contributed by atoms with Crippen LogP contribution in [-0.4, -0.2) is 42.4 Å². The van der Waals surface area contributed by atoms with Gasteiger partial charge in [-0.3, -0.25) is 4.90 Å². The van der Waals surface area contributed by atoms with E-state index in [9.17, 15) is 5.11 Å². The van der Waals surface area contributed by atoms with Gasteiger partial charge < -0.3 is 9.84 Å².